The van der Waals surface area contributed by atoms with Crippen LogP contribution in [-0.4, -0.2) is 16.1 Å². The summed E-state index contributed by atoms with van der Waals surface area (Å²) in [5.41, 5.74) is 1.26. The maximum absolute atomic E-state index is 4.27. The van der Waals surface area contributed by atoms with Crippen molar-refractivity contribution in [1.82, 2.24) is 9.55 Å². The number of anilines is 1. The molecule has 0 amide bonds. The molecule has 0 bridgehead atoms. The van der Waals surface area contributed by atoms with Gasteiger partial charge >= 0.3 is 0 Å². The molecule has 1 N–H and O–H groups in total. The van der Waals surface area contributed by atoms with Crippen LogP contribution in [0.1, 0.15) is 18.5 Å². The van der Waals surface area contributed by atoms with E-state index < -0.39 is 0 Å². The van der Waals surface area contributed by atoms with Crippen LogP contribution in [0.2, 0.25) is 0 Å². The fourth-order valence-electron chi connectivity index (χ4n) is 1.48. The van der Waals surface area contributed by atoms with Crippen molar-refractivity contribution in [1.29, 1.82) is 0 Å². The number of hydrogen-bond acceptors (Lipinski definition) is 2. The van der Waals surface area contributed by atoms with Crippen molar-refractivity contribution >= 4 is 5.95 Å². The fourth-order valence-corrected chi connectivity index (χ4v) is 1.48. The van der Waals surface area contributed by atoms with Crippen LogP contribution in [0.15, 0.2) is 6.20 Å². The summed E-state index contributed by atoms with van der Waals surface area (Å²) in [5.74, 6) is 1.04. The Labute approximate surface area is 66.4 Å². The van der Waals surface area contributed by atoms with Gasteiger partial charge in [0.1, 0.15) is 0 Å². The molecule has 0 radical (unpaired) electrons. The minimum atomic E-state index is 1.04. The monoisotopic (exact) mass is 151 g/mol. The van der Waals surface area contributed by atoms with Crippen molar-refractivity contribution in [3.8, 4) is 0 Å². The van der Waals surface area contributed by atoms with Crippen molar-refractivity contribution in [2.45, 2.75) is 26.3 Å². The molecule has 1 aliphatic heterocycles. The van der Waals surface area contributed by atoms with Crippen LogP contribution in [0.25, 0.3) is 0 Å². The number of aryl methyl sites for hydroxylation is 1. The fraction of sp³-hybridized carbons (Fsp3) is 0.625. The topological polar surface area (TPSA) is 29.9 Å². The second kappa shape index (κ2) is 2.57. The van der Waals surface area contributed by atoms with Gasteiger partial charge in [-0.1, -0.05) is 0 Å². The second-order valence-electron chi connectivity index (χ2n) is 3.01. The summed E-state index contributed by atoms with van der Waals surface area (Å²) >= 11 is 0. The highest BCUT2D eigenvalue weighted by atomic mass is 15.2. The number of imidazole rings is 1. The zero-order valence-corrected chi connectivity index (χ0v) is 6.80. The normalized spacial score (nSPS) is 16.8. The smallest absolute Gasteiger partial charge is 0.202 e. The molecule has 2 heterocycles. The molecule has 0 saturated carbocycles. The molecular formula is C8H13N3. The van der Waals surface area contributed by atoms with Gasteiger partial charge in [-0.25, -0.2) is 4.98 Å². The van der Waals surface area contributed by atoms with Crippen molar-refractivity contribution < 1.29 is 0 Å². The average Bonchev–Trinajstić information content (AvgIpc) is 2.25. The van der Waals surface area contributed by atoms with Gasteiger partial charge in [0.25, 0.3) is 0 Å². The van der Waals surface area contributed by atoms with E-state index >= 15 is 0 Å². The highest BCUT2D eigenvalue weighted by Gasteiger charge is 2.08. The molecule has 60 valence electrons. The Balaban J connectivity index is 2.35. The summed E-state index contributed by atoms with van der Waals surface area (Å²) in [4.78, 5) is 4.27. The lowest BCUT2D eigenvalue weighted by Crippen LogP contribution is -2.03. The van der Waals surface area contributed by atoms with Gasteiger partial charge < -0.3 is 9.88 Å². The first-order chi connectivity index (χ1) is 5.38. The number of nitrogens with one attached hydrogen (secondary N) is 1. The predicted molar refractivity (Wildman–Crippen MR) is 44.7 cm³/mol. The Bertz CT molecular complexity index is 252. The van der Waals surface area contributed by atoms with Crippen LogP contribution in [-0.2, 0) is 6.54 Å². The summed E-state index contributed by atoms with van der Waals surface area (Å²) in [6, 6.07) is 0. The summed E-state index contributed by atoms with van der Waals surface area (Å²) in [7, 11) is 0. The second-order valence-corrected chi connectivity index (χ2v) is 3.01. The molecule has 11 heavy (non-hydrogen) atoms. The zero-order chi connectivity index (χ0) is 7.68. The number of rotatable bonds is 0. The third-order valence-corrected chi connectivity index (χ3v) is 2.15. The molecule has 0 spiro atoms. The Morgan fingerprint density at radius 3 is 3.36 bits per heavy atom. The van der Waals surface area contributed by atoms with E-state index in [1.807, 2.05) is 6.20 Å². The molecule has 0 atom stereocenters. The van der Waals surface area contributed by atoms with Crippen LogP contribution < -0.4 is 5.32 Å². The van der Waals surface area contributed by atoms with Crippen LogP contribution >= 0.6 is 0 Å². The lowest BCUT2D eigenvalue weighted by Gasteiger charge is -2.04. The minimum Gasteiger partial charge on any atom is -0.356 e. The van der Waals surface area contributed by atoms with Gasteiger partial charge in [-0.2, -0.15) is 0 Å². The highest BCUT2D eigenvalue weighted by Crippen LogP contribution is 2.14. The molecule has 0 aromatic carbocycles. The molecule has 1 aromatic rings. The lowest BCUT2D eigenvalue weighted by atomic mass is 10.3. The van der Waals surface area contributed by atoms with Crippen LogP contribution in [0.4, 0.5) is 5.95 Å². The Kier molecular flexibility index (Phi) is 1.56. The van der Waals surface area contributed by atoms with E-state index in [1.165, 1.54) is 18.5 Å². The van der Waals surface area contributed by atoms with Crippen molar-refractivity contribution in [2.24, 2.45) is 0 Å². The molecule has 3 heteroatoms. The molecule has 2 rings (SSSR count). The van der Waals surface area contributed by atoms with Crippen molar-refractivity contribution in [2.75, 3.05) is 11.9 Å². The minimum absolute atomic E-state index is 1.04. The summed E-state index contributed by atoms with van der Waals surface area (Å²) in [6.45, 7) is 4.29. The quantitative estimate of drug-likeness (QED) is 0.607. The van der Waals surface area contributed by atoms with Crippen molar-refractivity contribution in [3.05, 3.63) is 11.9 Å². The van der Waals surface area contributed by atoms with Gasteiger partial charge in [-0.15, -0.1) is 0 Å². The highest BCUT2D eigenvalue weighted by molar-refractivity contribution is 5.29. The van der Waals surface area contributed by atoms with E-state index in [9.17, 15) is 0 Å². The van der Waals surface area contributed by atoms with E-state index in [0.717, 1.165) is 19.0 Å². The van der Waals surface area contributed by atoms with Gasteiger partial charge in [-0.3, -0.25) is 0 Å². The van der Waals surface area contributed by atoms with E-state index in [2.05, 4.69) is 21.8 Å². The summed E-state index contributed by atoms with van der Waals surface area (Å²) in [5, 5.41) is 3.30. The zero-order valence-electron chi connectivity index (χ0n) is 6.80. The number of fused-ring (bicyclic) bond motifs is 1. The van der Waals surface area contributed by atoms with Gasteiger partial charge in [0, 0.05) is 18.8 Å². The molecule has 0 fully saturated rings. The largest absolute Gasteiger partial charge is 0.356 e. The molecule has 0 aliphatic carbocycles. The van der Waals surface area contributed by atoms with E-state index in [-0.39, 0.29) is 0 Å². The summed E-state index contributed by atoms with van der Waals surface area (Å²) in [6.07, 6.45) is 4.44. The van der Waals surface area contributed by atoms with Crippen LogP contribution in [0.3, 0.4) is 0 Å². The number of aromatic nitrogens is 2. The molecular weight excluding hydrogens is 138 g/mol. The van der Waals surface area contributed by atoms with Crippen molar-refractivity contribution in [3.63, 3.8) is 0 Å². The van der Waals surface area contributed by atoms with Gasteiger partial charge in [0.05, 0.1) is 6.20 Å². The van der Waals surface area contributed by atoms with Crippen LogP contribution in [0, 0.1) is 6.92 Å². The average molecular weight is 151 g/mol. The predicted octanol–water partition coefficient (Wildman–Crippen LogP) is 1.40. The maximum Gasteiger partial charge on any atom is 0.202 e. The third-order valence-electron chi connectivity index (χ3n) is 2.15. The molecule has 3 nitrogen and oxygen atoms in total. The first-order valence-electron chi connectivity index (χ1n) is 4.14. The Hall–Kier alpha value is -0.990. The SMILES string of the molecule is Cc1cnc2n1CCCCN2. The third kappa shape index (κ3) is 1.11. The first-order valence-corrected chi connectivity index (χ1v) is 4.14. The van der Waals surface area contributed by atoms with E-state index in [4.69, 9.17) is 0 Å². The Morgan fingerprint density at radius 1 is 1.55 bits per heavy atom. The van der Waals surface area contributed by atoms with Gasteiger partial charge in [0.15, 0.2) is 0 Å². The molecule has 1 aliphatic rings. The standard InChI is InChI=1S/C8H13N3/c1-7-6-10-8-9-4-2-3-5-11(7)8/h6H,2-5H2,1H3,(H,9,10). The Morgan fingerprint density at radius 2 is 2.45 bits per heavy atom. The molecule has 0 saturated heterocycles. The summed E-state index contributed by atoms with van der Waals surface area (Å²) < 4.78 is 2.24. The van der Waals surface area contributed by atoms with E-state index in [1.54, 1.807) is 0 Å². The lowest BCUT2D eigenvalue weighted by molar-refractivity contribution is 0.643. The van der Waals surface area contributed by atoms with Gasteiger partial charge in [-0.05, 0) is 19.8 Å². The van der Waals surface area contributed by atoms with Crippen LogP contribution in [0.5, 0.6) is 0 Å². The van der Waals surface area contributed by atoms with E-state index in [0.29, 0.717) is 0 Å². The molecule has 0 unspecified atom stereocenters. The maximum atomic E-state index is 4.27. The first kappa shape index (κ1) is 6.70. The van der Waals surface area contributed by atoms with Gasteiger partial charge in [0.2, 0.25) is 5.95 Å². The number of hydrogen-bond donors (Lipinski definition) is 1. The number of nitrogens with zero attached hydrogens (tertiary/aromatic N) is 2. The molecule has 1 aromatic heterocycles.